The highest BCUT2D eigenvalue weighted by Crippen LogP contribution is 2.28. The second-order valence-electron chi connectivity index (χ2n) is 7.31. The minimum atomic E-state index is 0.0955. The molecule has 1 saturated carbocycles. The van der Waals surface area contributed by atoms with Crippen molar-refractivity contribution in [2.75, 3.05) is 26.2 Å². The summed E-state index contributed by atoms with van der Waals surface area (Å²) in [5.74, 6) is 0.968. The fraction of sp³-hybridized carbons (Fsp3) is 0.684. The minimum Gasteiger partial charge on any atom is -0.354 e. The Labute approximate surface area is 144 Å². The third-order valence-corrected chi connectivity index (χ3v) is 5.69. The maximum absolute atomic E-state index is 12.8. The van der Waals surface area contributed by atoms with Crippen molar-refractivity contribution in [3.8, 4) is 0 Å². The van der Waals surface area contributed by atoms with E-state index in [1.54, 1.807) is 0 Å². The molecular formula is C19H29N3O2. The van der Waals surface area contributed by atoms with Crippen LogP contribution in [0.3, 0.4) is 0 Å². The first kappa shape index (κ1) is 17.1. The molecule has 5 heteroatoms. The lowest BCUT2D eigenvalue weighted by Gasteiger charge is -2.23. The molecule has 2 fully saturated rings. The second-order valence-corrected chi connectivity index (χ2v) is 7.31. The normalized spacial score (nSPS) is 19.6. The largest absolute Gasteiger partial charge is 0.354 e. The van der Waals surface area contributed by atoms with Crippen molar-refractivity contribution in [2.45, 2.75) is 45.4 Å². The molecule has 24 heavy (non-hydrogen) atoms. The van der Waals surface area contributed by atoms with Crippen LogP contribution >= 0.6 is 0 Å². The summed E-state index contributed by atoms with van der Waals surface area (Å²) in [6.07, 6.45) is 8.46. The topological polar surface area (TPSA) is 45.6 Å². The maximum atomic E-state index is 12.8. The van der Waals surface area contributed by atoms with E-state index in [1.165, 1.54) is 25.7 Å². The highest BCUT2D eigenvalue weighted by molar-refractivity contribution is 5.95. The van der Waals surface area contributed by atoms with E-state index in [0.29, 0.717) is 25.4 Å². The Bertz CT molecular complexity index is 602. The summed E-state index contributed by atoms with van der Waals surface area (Å²) in [6, 6.07) is 1.89. The number of hydrogen-bond donors (Lipinski definition) is 0. The van der Waals surface area contributed by atoms with Gasteiger partial charge in [-0.25, -0.2) is 0 Å². The predicted molar refractivity (Wildman–Crippen MR) is 93.8 cm³/mol. The molecule has 0 spiro atoms. The second kappa shape index (κ2) is 7.41. The average Bonchev–Trinajstić information content (AvgIpc) is 3.10. The molecule has 0 aromatic carbocycles. The first-order valence-corrected chi connectivity index (χ1v) is 9.25. The number of carbonyl (C=O) groups is 2. The summed E-state index contributed by atoms with van der Waals surface area (Å²) >= 11 is 0. The van der Waals surface area contributed by atoms with Crippen LogP contribution in [0.1, 0.15) is 54.6 Å². The molecule has 2 heterocycles. The SMILES string of the molecule is Cc1c(C(=O)N2CCCN(C(=O)CC3CCCC3)CC2)ccn1C. The van der Waals surface area contributed by atoms with Crippen molar-refractivity contribution in [1.29, 1.82) is 0 Å². The van der Waals surface area contributed by atoms with Gasteiger partial charge in [-0.1, -0.05) is 12.8 Å². The number of aryl methyl sites for hydroxylation is 1. The van der Waals surface area contributed by atoms with Crippen LogP contribution in [-0.4, -0.2) is 52.4 Å². The van der Waals surface area contributed by atoms with Gasteiger partial charge in [-0.2, -0.15) is 0 Å². The molecule has 0 radical (unpaired) electrons. The van der Waals surface area contributed by atoms with Gasteiger partial charge < -0.3 is 14.4 Å². The van der Waals surface area contributed by atoms with Gasteiger partial charge in [-0.05, 0) is 38.2 Å². The summed E-state index contributed by atoms with van der Waals surface area (Å²) in [5, 5.41) is 0. The Morgan fingerprint density at radius 3 is 2.38 bits per heavy atom. The molecule has 132 valence electrons. The van der Waals surface area contributed by atoms with Crippen molar-refractivity contribution < 1.29 is 9.59 Å². The maximum Gasteiger partial charge on any atom is 0.255 e. The van der Waals surface area contributed by atoms with Crippen LogP contribution in [0.25, 0.3) is 0 Å². The summed E-state index contributed by atoms with van der Waals surface area (Å²) < 4.78 is 1.97. The van der Waals surface area contributed by atoms with Crippen LogP contribution < -0.4 is 0 Å². The molecule has 1 aliphatic carbocycles. The smallest absolute Gasteiger partial charge is 0.255 e. The predicted octanol–water partition coefficient (Wildman–Crippen LogP) is 2.59. The van der Waals surface area contributed by atoms with Gasteiger partial charge in [0.1, 0.15) is 0 Å². The highest BCUT2D eigenvalue weighted by Gasteiger charge is 2.26. The lowest BCUT2D eigenvalue weighted by Crippen LogP contribution is -2.37. The van der Waals surface area contributed by atoms with Gasteiger partial charge in [-0.15, -0.1) is 0 Å². The lowest BCUT2D eigenvalue weighted by molar-refractivity contribution is -0.132. The number of aromatic nitrogens is 1. The highest BCUT2D eigenvalue weighted by atomic mass is 16.2. The lowest BCUT2D eigenvalue weighted by atomic mass is 10.0. The number of nitrogens with zero attached hydrogens (tertiary/aromatic N) is 3. The van der Waals surface area contributed by atoms with E-state index in [0.717, 1.165) is 30.8 Å². The molecule has 0 bridgehead atoms. The van der Waals surface area contributed by atoms with E-state index in [2.05, 4.69) is 0 Å². The van der Waals surface area contributed by atoms with Crippen LogP contribution in [-0.2, 0) is 11.8 Å². The van der Waals surface area contributed by atoms with Crippen molar-refractivity contribution in [2.24, 2.45) is 13.0 Å². The van der Waals surface area contributed by atoms with E-state index >= 15 is 0 Å². The van der Waals surface area contributed by atoms with Gasteiger partial charge >= 0.3 is 0 Å². The van der Waals surface area contributed by atoms with E-state index in [-0.39, 0.29) is 11.8 Å². The molecule has 0 N–H and O–H groups in total. The molecule has 0 unspecified atom stereocenters. The molecule has 3 rings (SSSR count). The number of carbonyl (C=O) groups excluding carboxylic acids is 2. The standard InChI is InChI=1S/C19H29N3O2/c1-15-17(8-11-20(15)2)19(24)22-10-5-9-21(12-13-22)18(23)14-16-6-3-4-7-16/h8,11,16H,3-7,9-10,12-14H2,1-2H3. The Kier molecular flexibility index (Phi) is 5.27. The average molecular weight is 331 g/mol. The number of amides is 2. The molecule has 1 aliphatic heterocycles. The minimum absolute atomic E-state index is 0.0955. The molecule has 0 atom stereocenters. The fourth-order valence-corrected chi connectivity index (χ4v) is 3.97. The molecule has 5 nitrogen and oxygen atoms in total. The van der Waals surface area contributed by atoms with Crippen LogP contribution in [0.4, 0.5) is 0 Å². The van der Waals surface area contributed by atoms with Gasteiger partial charge in [0.2, 0.25) is 5.91 Å². The monoisotopic (exact) mass is 331 g/mol. The zero-order valence-corrected chi connectivity index (χ0v) is 15.0. The summed E-state index contributed by atoms with van der Waals surface area (Å²) in [7, 11) is 1.96. The quantitative estimate of drug-likeness (QED) is 0.854. The molecule has 2 amide bonds. The number of hydrogen-bond acceptors (Lipinski definition) is 2. The van der Waals surface area contributed by atoms with E-state index in [4.69, 9.17) is 0 Å². The van der Waals surface area contributed by atoms with Crippen molar-refractivity contribution in [3.05, 3.63) is 23.5 Å². The Morgan fingerprint density at radius 2 is 1.71 bits per heavy atom. The van der Waals surface area contributed by atoms with E-state index < -0.39 is 0 Å². The van der Waals surface area contributed by atoms with Gasteiger partial charge in [0, 0.05) is 51.5 Å². The third-order valence-electron chi connectivity index (χ3n) is 5.69. The zero-order chi connectivity index (χ0) is 17.1. The Morgan fingerprint density at radius 1 is 1.04 bits per heavy atom. The van der Waals surface area contributed by atoms with Gasteiger partial charge in [0.25, 0.3) is 5.91 Å². The van der Waals surface area contributed by atoms with Crippen molar-refractivity contribution in [1.82, 2.24) is 14.4 Å². The Hall–Kier alpha value is -1.78. The molecule has 1 aromatic rings. The van der Waals surface area contributed by atoms with Crippen molar-refractivity contribution >= 4 is 11.8 Å². The molecule has 2 aliphatic rings. The number of rotatable bonds is 3. The van der Waals surface area contributed by atoms with Crippen LogP contribution in [0, 0.1) is 12.8 Å². The van der Waals surface area contributed by atoms with Gasteiger partial charge in [-0.3, -0.25) is 9.59 Å². The van der Waals surface area contributed by atoms with E-state index in [9.17, 15) is 9.59 Å². The molecular weight excluding hydrogens is 302 g/mol. The van der Waals surface area contributed by atoms with Crippen molar-refractivity contribution in [3.63, 3.8) is 0 Å². The van der Waals surface area contributed by atoms with Gasteiger partial charge in [0.05, 0.1) is 5.56 Å². The summed E-state index contributed by atoms with van der Waals surface area (Å²) in [6.45, 7) is 4.80. The third kappa shape index (κ3) is 3.65. The summed E-state index contributed by atoms with van der Waals surface area (Å²) in [5.41, 5.74) is 1.78. The van der Waals surface area contributed by atoms with Gasteiger partial charge in [0.15, 0.2) is 0 Å². The zero-order valence-electron chi connectivity index (χ0n) is 15.0. The first-order valence-electron chi connectivity index (χ1n) is 9.25. The first-order chi connectivity index (χ1) is 11.6. The van der Waals surface area contributed by atoms with Crippen LogP contribution in [0.2, 0.25) is 0 Å². The molecule has 1 aromatic heterocycles. The van der Waals surface area contributed by atoms with Crippen LogP contribution in [0.5, 0.6) is 0 Å². The summed E-state index contributed by atoms with van der Waals surface area (Å²) in [4.78, 5) is 29.2. The Balaban J connectivity index is 1.57. The van der Waals surface area contributed by atoms with E-state index in [1.807, 2.05) is 40.6 Å². The fourth-order valence-electron chi connectivity index (χ4n) is 3.97. The molecule has 1 saturated heterocycles. The van der Waals surface area contributed by atoms with Crippen LogP contribution in [0.15, 0.2) is 12.3 Å².